The quantitative estimate of drug-likeness (QED) is 0.474. The Hall–Kier alpha value is -1.69. The highest BCUT2D eigenvalue weighted by Gasteiger charge is 2.70. The number of ether oxygens (including phenoxy) is 2. The Morgan fingerprint density at radius 1 is 1.09 bits per heavy atom. The first-order valence-corrected chi connectivity index (χ1v) is 13.0. The molecule has 0 bridgehead atoms. The number of aliphatic hydroxyl groups is 1. The number of carbonyl (C=O) groups excluding carboxylic acids is 3. The van der Waals surface area contributed by atoms with Gasteiger partial charge in [-0.2, -0.15) is 0 Å². The van der Waals surface area contributed by atoms with Gasteiger partial charge < -0.3 is 14.6 Å². The minimum Gasteiger partial charge on any atom is -0.462 e. The zero-order valence-electron chi connectivity index (χ0n) is 21.5. The number of hydrogen-bond acceptors (Lipinski definition) is 6. The molecule has 188 valence electrons. The lowest BCUT2D eigenvalue weighted by atomic mass is 9.37. The molecule has 0 aromatic rings. The fourth-order valence-corrected chi connectivity index (χ4v) is 9.71. The topological polar surface area (TPSA) is 89.9 Å². The fourth-order valence-electron chi connectivity index (χ4n) is 9.71. The summed E-state index contributed by atoms with van der Waals surface area (Å²) in [4.78, 5) is 37.3. The zero-order chi connectivity index (χ0) is 24.9. The highest BCUT2D eigenvalue weighted by atomic mass is 16.6. The maximum atomic E-state index is 13.0. The van der Waals surface area contributed by atoms with Gasteiger partial charge in [-0.15, -0.1) is 0 Å². The van der Waals surface area contributed by atoms with Gasteiger partial charge in [0, 0.05) is 30.1 Å². The van der Waals surface area contributed by atoms with Crippen molar-refractivity contribution in [2.75, 3.05) is 6.61 Å². The monoisotopic (exact) mass is 472 g/mol. The molecule has 1 heterocycles. The molecule has 6 nitrogen and oxygen atoms in total. The van der Waals surface area contributed by atoms with Crippen LogP contribution in [0.25, 0.3) is 0 Å². The minimum absolute atomic E-state index is 0.0353. The van der Waals surface area contributed by atoms with Crippen molar-refractivity contribution in [1.82, 2.24) is 0 Å². The van der Waals surface area contributed by atoms with E-state index in [1.54, 1.807) is 0 Å². The summed E-state index contributed by atoms with van der Waals surface area (Å²) in [6.07, 6.45) is 6.68. The van der Waals surface area contributed by atoms with Crippen LogP contribution in [-0.4, -0.2) is 41.1 Å². The number of cyclic esters (lactones) is 1. The summed E-state index contributed by atoms with van der Waals surface area (Å²) in [6.45, 7) is 12.5. The van der Waals surface area contributed by atoms with Crippen molar-refractivity contribution < 1.29 is 29.0 Å². The van der Waals surface area contributed by atoms with E-state index in [-0.39, 0.29) is 65.1 Å². The molecule has 1 N–H and O–H groups in total. The van der Waals surface area contributed by atoms with Crippen LogP contribution in [0, 0.1) is 39.4 Å². The van der Waals surface area contributed by atoms with Gasteiger partial charge in [-0.1, -0.05) is 46.3 Å². The van der Waals surface area contributed by atoms with Crippen molar-refractivity contribution in [1.29, 1.82) is 0 Å². The van der Waals surface area contributed by atoms with E-state index in [0.29, 0.717) is 25.0 Å². The fraction of sp³-hybridized carbons (Fsp3) is 0.821. The smallest absolute Gasteiger partial charge is 0.308 e. The number of fused-ring (bicyclic) bond motifs is 5. The Labute approximate surface area is 202 Å². The number of hydrogen-bond donors (Lipinski definition) is 1. The van der Waals surface area contributed by atoms with Crippen LogP contribution in [0.4, 0.5) is 0 Å². The van der Waals surface area contributed by atoms with Crippen LogP contribution in [0.15, 0.2) is 11.6 Å². The number of Topliss-reactive ketones (excluding diaryl/α,β-unsaturated/α-hetero) is 1. The molecule has 0 aromatic carbocycles. The molecule has 34 heavy (non-hydrogen) atoms. The maximum absolute atomic E-state index is 13.0. The first kappa shape index (κ1) is 24.0. The number of esters is 2. The van der Waals surface area contributed by atoms with Gasteiger partial charge in [0.15, 0.2) is 0 Å². The van der Waals surface area contributed by atoms with E-state index in [9.17, 15) is 19.5 Å². The maximum Gasteiger partial charge on any atom is 0.308 e. The first-order valence-electron chi connectivity index (χ1n) is 13.0. The highest BCUT2D eigenvalue weighted by Crippen LogP contribution is 2.73. The van der Waals surface area contributed by atoms with Crippen molar-refractivity contribution in [2.24, 2.45) is 39.4 Å². The Kier molecular flexibility index (Phi) is 5.07. The van der Waals surface area contributed by atoms with Crippen LogP contribution in [0.5, 0.6) is 0 Å². The van der Waals surface area contributed by atoms with Gasteiger partial charge in [0.05, 0.1) is 6.42 Å². The summed E-state index contributed by atoms with van der Waals surface area (Å²) in [5, 5.41) is 11.5. The summed E-state index contributed by atoms with van der Waals surface area (Å²) in [7, 11) is 0. The van der Waals surface area contributed by atoms with Crippen molar-refractivity contribution in [3.05, 3.63) is 11.6 Å². The van der Waals surface area contributed by atoms with Crippen molar-refractivity contribution >= 4 is 17.7 Å². The van der Waals surface area contributed by atoms with E-state index in [0.717, 1.165) is 19.3 Å². The highest BCUT2D eigenvalue weighted by molar-refractivity contribution is 5.85. The molecule has 4 fully saturated rings. The molecule has 0 spiro atoms. The molecule has 8 atom stereocenters. The molecule has 1 aliphatic heterocycles. The predicted octanol–water partition coefficient (Wildman–Crippen LogP) is 4.38. The lowest BCUT2D eigenvalue weighted by Gasteiger charge is -2.68. The van der Waals surface area contributed by atoms with E-state index in [2.05, 4.69) is 40.7 Å². The predicted molar refractivity (Wildman–Crippen MR) is 125 cm³/mol. The van der Waals surface area contributed by atoms with E-state index in [1.165, 1.54) is 12.5 Å². The van der Waals surface area contributed by atoms with Gasteiger partial charge >= 0.3 is 11.9 Å². The Morgan fingerprint density at radius 3 is 2.41 bits per heavy atom. The second-order valence-corrected chi connectivity index (χ2v) is 13.2. The molecular formula is C28H40O6. The van der Waals surface area contributed by atoms with Crippen LogP contribution in [-0.2, 0) is 23.9 Å². The van der Waals surface area contributed by atoms with Crippen LogP contribution in [0.3, 0.4) is 0 Å². The third-order valence-corrected chi connectivity index (χ3v) is 11.3. The molecule has 1 saturated heterocycles. The van der Waals surface area contributed by atoms with E-state index in [1.807, 2.05) is 0 Å². The molecule has 0 radical (unpaired) electrons. The molecule has 0 amide bonds. The zero-order valence-corrected chi connectivity index (χ0v) is 21.5. The van der Waals surface area contributed by atoms with Gasteiger partial charge in [-0.3, -0.25) is 14.4 Å². The lowest BCUT2D eigenvalue weighted by molar-refractivity contribution is -0.207. The Balaban J connectivity index is 1.59. The summed E-state index contributed by atoms with van der Waals surface area (Å²) >= 11 is 0. The van der Waals surface area contributed by atoms with Gasteiger partial charge in [-0.05, 0) is 54.8 Å². The third-order valence-electron chi connectivity index (χ3n) is 11.3. The van der Waals surface area contributed by atoms with Gasteiger partial charge in [0.25, 0.3) is 0 Å². The van der Waals surface area contributed by atoms with E-state index < -0.39 is 11.0 Å². The third kappa shape index (κ3) is 2.93. The molecular weight excluding hydrogens is 432 g/mol. The SMILES string of the molecule is CC(=O)OC1CC2C(C)(C)C(=O)CCC2(C)C2CCC3(C)C(=CCC3C3(O)COC(=O)C3)C12C. The van der Waals surface area contributed by atoms with Crippen molar-refractivity contribution in [3.63, 3.8) is 0 Å². The molecule has 0 aromatic heterocycles. The average molecular weight is 473 g/mol. The molecule has 3 saturated carbocycles. The first-order chi connectivity index (χ1) is 15.7. The summed E-state index contributed by atoms with van der Waals surface area (Å²) in [5.41, 5.74) is -1.05. The molecule has 8 unspecified atom stereocenters. The largest absolute Gasteiger partial charge is 0.462 e. The molecule has 5 aliphatic rings. The summed E-state index contributed by atoms with van der Waals surface area (Å²) in [6, 6.07) is 0. The average Bonchev–Trinajstić information content (AvgIpc) is 3.27. The second kappa shape index (κ2) is 7.18. The summed E-state index contributed by atoms with van der Waals surface area (Å²) < 4.78 is 11.3. The molecule has 6 heteroatoms. The normalized spacial score (nSPS) is 49.4. The van der Waals surface area contributed by atoms with Crippen molar-refractivity contribution in [2.45, 2.75) is 98.2 Å². The lowest BCUT2D eigenvalue weighted by Crippen LogP contribution is -2.66. The van der Waals surface area contributed by atoms with Gasteiger partial charge in [-0.25, -0.2) is 0 Å². The number of allylic oxidation sites excluding steroid dienone is 1. The summed E-state index contributed by atoms with van der Waals surface area (Å²) in [5.74, 6) is 0.00502. The number of ketones is 1. The van der Waals surface area contributed by atoms with E-state index in [4.69, 9.17) is 9.47 Å². The Bertz CT molecular complexity index is 981. The number of carbonyl (C=O) groups is 3. The van der Waals surface area contributed by atoms with E-state index >= 15 is 0 Å². The minimum atomic E-state index is -1.16. The molecule has 4 aliphatic carbocycles. The van der Waals surface area contributed by atoms with Crippen LogP contribution in [0.2, 0.25) is 0 Å². The Morgan fingerprint density at radius 2 is 1.79 bits per heavy atom. The number of rotatable bonds is 2. The van der Waals surface area contributed by atoms with Crippen LogP contribution < -0.4 is 0 Å². The second-order valence-electron chi connectivity index (χ2n) is 13.2. The van der Waals surface area contributed by atoms with Gasteiger partial charge in [0.1, 0.15) is 24.1 Å². The van der Waals surface area contributed by atoms with Gasteiger partial charge in [0.2, 0.25) is 0 Å². The standard InChI is InChI=1S/C28H40O6/c1-16(29)34-22-13-20-24(2,3)21(30)10-12-26(20,5)18-9-11-25(4)17(27(18,22)6)7-8-19(25)28(32)14-23(31)33-15-28/h7,18-20,22,32H,8-15H2,1-6H3. The van der Waals surface area contributed by atoms with Crippen LogP contribution >= 0.6 is 0 Å². The van der Waals surface area contributed by atoms with Crippen molar-refractivity contribution in [3.8, 4) is 0 Å². The van der Waals surface area contributed by atoms with Crippen LogP contribution in [0.1, 0.15) is 86.5 Å². The molecule has 5 rings (SSSR count).